The number of aliphatic hydroxyl groups is 6. The largest absolute Gasteiger partial charge is 0.396 e. The van der Waals surface area contributed by atoms with Crippen molar-refractivity contribution in [1.82, 2.24) is 16.0 Å². The molecule has 11 N–H and O–H groups in total. The Bertz CT molecular complexity index is 709. The van der Waals surface area contributed by atoms with Gasteiger partial charge in [0.15, 0.2) is 0 Å². The van der Waals surface area contributed by atoms with Gasteiger partial charge in [0.25, 0.3) is 0 Å². The van der Waals surface area contributed by atoms with E-state index in [1.54, 1.807) is 0 Å². The average molecular weight is 659 g/mol. The molecular formula is C28H58N4O13. The molecule has 0 spiro atoms. The van der Waals surface area contributed by atoms with Crippen molar-refractivity contribution in [1.29, 1.82) is 0 Å². The second kappa shape index (κ2) is 33.3. The first-order chi connectivity index (χ1) is 21.6. The highest BCUT2D eigenvalue weighted by Crippen LogP contribution is 2.03. The molecule has 0 rings (SSSR count). The molecule has 0 aromatic carbocycles. The number of carbonyl (C=O) groups is 3. The highest BCUT2D eigenvalue weighted by atomic mass is 16.6. The van der Waals surface area contributed by atoms with Crippen LogP contribution < -0.4 is 21.7 Å². The minimum absolute atomic E-state index is 0.0581. The van der Waals surface area contributed by atoms with Gasteiger partial charge in [-0.15, -0.1) is 0 Å². The molecular weight excluding hydrogens is 600 g/mol. The van der Waals surface area contributed by atoms with E-state index in [4.69, 9.17) is 40.0 Å². The standard InChI is InChI=1S/C19H39N3O10.C9H19NO3/c20-3-6-30-8-10-32-12-11-31-9-7-29-5-2-17(26)22-14-18(27)21-13-16(25)19(28)15(24)1-4-23;1-2-9(13)10-6-4-3-5-8(12)7-11/h15-16,19,23-25,28H,1-14,20H2,(H,21,27)(H,22,26);8,11-12H,2-7H2,1H3,(H,10,13). The summed E-state index contributed by atoms with van der Waals surface area (Å²) in [6.07, 6.45) is -2.09. The fraction of sp³-hybridized carbons (Fsp3) is 0.893. The Hall–Kier alpha value is -2.03. The number of aliphatic hydroxyl groups excluding tert-OH is 6. The number of unbranched alkanes of at least 4 members (excludes halogenated alkanes) is 1. The molecule has 0 aliphatic carbocycles. The Labute approximate surface area is 265 Å². The Morgan fingerprint density at radius 2 is 1.27 bits per heavy atom. The van der Waals surface area contributed by atoms with Crippen LogP contribution in [0, 0.1) is 0 Å². The Morgan fingerprint density at radius 1 is 0.689 bits per heavy atom. The average Bonchev–Trinajstić information content (AvgIpc) is 3.04. The predicted molar refractivity (Wildman–Crippen MR) is 163 cm³/mol. The molecule has 0 aliphatic rings. The van der Waals surface area contributed by atoms with Crippen LogP contribution in [0.15, 0.2) is 0 Å². The van der Waals surface area contributed by atoms with Crippen LogP contribution in [-0.2, 0) is 33.3 Å². The van der Waals surface area contributed by atoms with Crippen LogP contribution in [0.3, 0.4) is 0 Å². The van der Waals surface area contributed by atoms with Crippen LogP contribution in [0.1, 0.15) is 45.4 Å². The number of hydrogen-bond acceptors (Lipinski definition) is 14. The highest BCUT2D eigenvalue weighted by molar-refractivity contribution is 5.84. The summed E-state index contributed by atoms with van der Waals surface area (Å²) in [5.74, 6) is -0.892. The van der Waals surface area contributed by atoms with E-state index in [9.17, 15) is 29.7 Å². The molecule has 268 valence electrons. The van der Waals surface area contributed by atoms with Crippen LogP contribution in [0.2, 0.25) is 0 Å². The van der Waals surface area contributed by atoms with E-state index in [1.807, 2.05) is 6.92 Å². The second-order valence-corrected chi connectivity index (χ2v) is 9.74. The van der Waals surface area contributed by atoms with Crippen molar-refractivity contribution in [2.24, 2.45) is 5.73 Å². The van der Waals surface area contributed by atoms with Gasteiger partial charge >= 0.3 is 0 Å². The lowest BCUT2D eigenvalue weighted by Gasteiger charge is -2.22. The van der Waals surface area contributed by atoms with Gasteiger partial charge < -0.3 is 71.3 Å². The molecule has 0 aromatic heterocycles. The van der Waals surface area contributed by atoms with Crippen LogP contribution in [0.5, 0.6) is 0 Å². The SMILES string of the molecule is CCC(=O)NCCCCC(O)CO.NCCOCCOCCOCCOCCC(=O)NCC(=O)NCC(O)C(O)C(O)CCO. The van der Waals surface area contributed by atoms with Gasteiger partial charge in [0.2, 0.25) is 17.7 Å². The van der Waals surface area contributed by atoms with E-state index in [2.05, 4.69) is 16.0 Å². The third-order valence-electron chi connectivity index (χ3n) is 5.84. The monoisotopic (exact) mass is 658 g/mol. The summed E-state index contributed by atoms with van der Waals surface area (Å²) in [4.78, 5) is 34.1. The number of hydrogen-bond donors (Lipinski definition) is 10. The number of carbonyl (C=O) groups excluding carboxylic acids is 3. The lowest BCUT2D eigenvalue weighted by Crippen LogP contribution is -2.46. The molecule has 0 bridgehead atoms. The maximum Gasteiger partial charge on any atom is 0.239 e. The van der Waals surface area contributed by atoms with Crippen molar-refractivity contribution in [2.45, 2.75) is 69.9 Å². The van der Waals surface area contributed by atoms with Crippen molar-refractivity contribution >= 4 is 17.7 Å². The number of amides is 3. The molecule has 0 radical (unpaired) electrons. The third-order valence-corrected chi connectivity index (χ3v) is 5.84. The number of ether oxygens (including phenoxy) is 4. The first kappa shape index (κ1) is 45.1. The van der Waals surface area contributed by atoms with Crippen molar-refractivity contribution < 1.29 is 64.0 Å². The van der Waals surface area contributed by atoms with E-state index in [0.29, 0.717) is 72.2 Å². The Morgan fingerprint density at radius 3 is 1.80 bits per heavy atom. The molecule has 17 nitrogen and oxygen atoms in total. The van der Waals surface area contributed by atoms with Gasteiger partial charge in [0.05, 0.1) is 84.3 Å². The van der Waals surface area contributed by atoms with Crippen molar-refractivity contribution in [3.05, 3.63) is 0 Å². The van der Waals surface area contributed by atoms with Crippen molar-refractivity contribution in [3.63, 3.8) is 0 Å². The van der Waals surface area contributed by atoms with E-state index in [1.165, 1.54) is 0 Å². The topological polar surface area (TPSA) is 272 Å². The van der Waals surface area contributed by atoms with Crippen molar-refractivity contribution in [2.75, 3.05) is 92.2 Å². The summed E-state index contributed by atoms with van der Waals surface area (Å²) in [5, 5.41) is 62.4. The molecule has 4 unspecified atom stereocenters. The fourth-order valence-corrected chi connectivity index (χ4v) is 3.19. The molecule has 0 saturated carbocycles. The van der Waals surface area contributed by atoms with E-state index in [0.717, 1.165) is 12.8 Å². The molecule has 0 heterocycles. The quantitative estimate of drug-likeness (QED) is 0.0345. The summed E-state index contributed by atoms with van der Waals surface area (Å²) in [5.41, 5.74) is 5.28. The Balaban J connectivity index is 0. The van der Waals surface area contributed by atoms with Crippen LogP contribution >= 0.6 is 0 Å². The van der Waals surface area contributed by atoms with Gasteiger partial charge in [0.1, 0.15) is 6.10 Å². The normalized spacial score (nSPS) is 13.6. The molecule has 0 aliphatic heterocycles. The zero-order chi connectivity index (χ0) is 34.1. The summed E-state index contributed by atoms with van der Waals surface area (Å²) in [6, 6.07) is 0. The molecule has 3 amide bonds. The number of nitrogens with one attached hydrogen (secondary N) is 3. The Kier molecular flexibility index (Phi) is 33.4. The van der Waals surface area contributed by atoms with Gasteiger partial charge in [0, 0.05) is 39.1 Å². The molecule has 0 saturated heterocycles. The van der Waals surface area contributed by atoms with Crippen LogP contribution in [0.25, 0.3) is 0 Å². The zero-order valence-corrected chi connectivity index (χ0v) is 26.6. The van der Waals surface area contributed by atoms with E-state index in [-0.39, 0.29) is 57.6 Å². The maximum absolute atomic E-state index is 11.7. The van der Waals surface area contributed by atoms with Crippen LogP contribution in [0.4, 0.5) is 0 Å². The van der Waals surface area contributed by atoms with E-state index < -0.39 is 30.3 Å². The van der Waals surface area contributed by atoms with E-state index >= 15 is 0 Å². The minimum Gasteiger partial charge on any atom is -0.396 e. The zero-order valence-electron chi connectivity index (χ0n) is 26.6. The summed E-state index contributed by atoms with van der Waals surface area (Å²) >= 11 is 0. The van der Waals surface area contributed by atoms with Gasteiger partial charge in [-0.05, 0) is 25.7 Å². The fourth-order valence-electron chi connectivity index (χ4n) is 3.19. The number of rotatable bonds is 29. The second-order valence-electron chi connectivity index (χ2n) is 9.74. The van der Waals surface area contributed by atoms with Gasteiger partial charge in [-0.1, -0.05) is 6.92 Å². The first-order valence-electron chi connectivity index (χ1n) is 15.4. The van der Waals surface area contributed by atoms with Crippen LogP contribution in [-0.4, -0.2) is 165 Å². The molecule has 4 atom stereocenters. The van der Waals surface area contributed by atoms with Gasteiger partial charge in [-0.25, -0.2) is 0 Å². The summed E-state index contributed by atoms with van der Waals surface area (Å²) in [7, 11) is 0. The molecule has 45 heavy (non-hydrogen) atoms. The number of nitrogens with two attached hydrogens (primary N) is 1. The smallest absolute Gasteiger partial charge is 0.239 e. The minimum atomic E-state index is -1.51. The lowest BCUT2D eigenvalue weighted by atomic mass is 10.1. The highest BCUT2D eigenvalue weighted by Gasteiger charge is 2.24. The molecule has 0 fully saturated rings. The molecule has 0 aromatic rings. The van der Waals surface area contributed by atoms with Crippen molar-refractivity contribution in [3.8, 4) is 0 Å². The molecule has 17 heteroatoms. The summed E-state index contributed by atoms with van der Waals surface area (Å²) in [6.45, 7) is 4.99. The predicted octanol–water partition coefficient (Wildman–Crippen LogP) is -3.86. The lowest BCUT2D eigenvalue weighted by molar-refractivity contribution is -0.127. The maximum atomic E-state index is 11.7. The van der Waals surface area contributed by atoms with Gasteiger partial charge in [-0.2, -0.15) is 0 Å². The summed E-state index contributed by atoms with van der Waals surface area (Å²) < 4.78 is 21.0. The van der Waals surface area contributed by atoms with Gasteiger partial charge in [-0.3, -0.25) is 14.4 Å². The third kappa shape index (κ3) is 31.7. The first-order valence-corrected chi connectivity index (χ1v) is 15.4.